The fraction of sp³-hybridized carbons (Fsp3) is 0.0714. The number of rotatable bonds is 1. The summed E-state index contributed by atoms with van der Waals surface area (Å²) in [5, 5.41) is 3.59. The number of carbonyl (C=O) groups is 1. The van der Waals surface area contributed by atoms with E-state index < -0.39 is 0 Å². The van der Waals surface area contributed by atoms with Crippen LogP contribution >= 0.6 is 11.6 Å². The van der Waals surface area contributed by atoms with E-state index >= 15 is 0 Å². The smallest absolute Gasteiger partial charge is 0.228 e. The molecule has 2 aromatic rings. The van der Waals surface area contributed by atoms with Gasteiger partial charge in [-0.15, -0.1) is 0 Å². The summed E-state index contributed by atoms with van der Waals surface area (Å²) >= 11 is 6.18. The fourth-order valence-electron chi connectivity index (χ4n) is 2.16. The van der Waals surface area contributed by atoms with E-state index in [0.29, 0.717) is 11.4 Å². The Morgan fingerprint density at radius 1 is 1.00 bits per heavy atom. The van der Waals surface area contributed by atoms with Crippen LogP contribution in [0.2, 0.25) is 5.02 Å². The molecule has 0 aliphatic carbocycles. The second-order valence-electron chi connectivity index (χ2n) is 4.04. The third-order valence-electron chi connectivity index (χ3n) is 2.93. The lowest BCUT2D eigenvalue weighted by molar-refractivity contribution is -0.115. The van der Waals surface area contributed by atoms with Crippen molar-refractivity contribution in [2.24, 2.45) is 0 Å². The SMILES string of the molecule is O=C1Cc2cccc(-c3ccccc3Cl)c2N1. The van der Waals surface area contributed by atoms with E-state index in [1.165, 1.54) is 0 Å². The highest BCUT2D eigenvalue weighted by atomic mass is 35.5. The third-order valence-corrected chi connectivity index (χ3v) is 3.26. The first kappa shape index (κ1) is 10.4. The molecular formula is C14H10ClNO. The first-order valence-electron chi connectivity index (χ1n) is 5.42. The molecule has 1 N–H and O–H groups in total. The van der Waals surface area contributed by atoms with Crippen LogP contribution < -0.4 is 5.32 Å². The number of benzene rings is 2. The molecule has 1 heterocycles. The highest BCUT2D eigenvalue weighted by Crippen LogP contribution is 2.37. The van der Waals surface area contributed by atoms with Crippen molar-refractivity contribution in [3.63, 3.8) is 0 Å². The Morgan fingerprint density at radius 2 is 1.76 bits per heavy atom. The van der Waals surface area contributed by atoms with Gasteiger partial charge in [0.2, 0.25) is 5.91 Å². The van der Waals surface area contributed by atoms with Crippen LogP contribution in [0.4, 0.5) is 5.69 Å². The van der Waals surface area contributed by atoms with Crippen molar-refractivity contribution in [2.45, 2.75) is 6.42 Å². The molecule has 0 unspecified atom stereocenters. The van der Waals surface area contributed by atoms with Crippen molar-refractivity contribution in [3.8, 4) is 11.1 Å². The van der Waals surface area contributed by atoms with E-state index in [-0.39, 0.29) is 5.91 Å². The van der Waals surface area contributed by atoms with E-state index in [1.54, 1.807) is 0 Å². The summed E-state index contributed by atoms with van der Waals surface area (Å²) in [5.74, 6) is 0.0412. The lowest BCUT2D eigenvalue weighted by atomic mass is 10.0. The van der Waals surface area contributed by atoms with E-state index in [4.69, 9.17) is 11.6 Å². The number of carbonyl (C=O) groups excluding carboxylic acids is 1. The molecule has 1 aliphatic rings. The maximum absolute atomic E-state index is 11.4. The van der Waals surface area contributed by atoms with Gasteiger partial charge in [0.1, 0.15) is 0 Å². The summed E-state index contributed by atoms with van der Waals surface area (Å²) in [5.41, 5.74) is 3.87. The zero-order valence-corrected chi connectivity index (χ0v) is 9.79. The zero-order valence-electron chi connectivity index (χ0n) is 9.03. The molecule has 0 aromatic heterocycles. The second kappa shape index (κ2) is 3.90. The van der Waals surface area contributed by atoms with Crippen LogP contribution in [0.25, 0.3) is 11.1 Å². The molecule has 2 nitrogen and oxygen atoms in total. The van der Waals surface area contributed by atoms with Gasteiger partial charge in [-0.25, -0.2) is 0 Å². The first-order valence-corrected chi connectivity index (χ1v) is 5.80. The number of amides is 1. The normalized spacial score (nSPS) is 13.4. The molecule has 0 bridgehead atoms. The van der Waals surface area contributed by atoms with Gasteiger partial charge in [0.05, 0.1) is 12.1 Å². The van der Waals surface area contributed by atoms with Crippen LogP contribution in [0.15, 0.2) is 42.5 Å². The van der Waals surface area contributed by atoms with Crippen LogP contribution in [0.5, 0.6) is 0 Å². The molecule has 0 saturated heterocycles. The van der Waals surface area contributed by atoms with Crippen molar-refractivity contribution in [1.82, 2.24) is 0 Å². The molecule has 3 rings (SSSR count). The van der Waals surface area contributed by atoms with Gasteiger partial charge < -0.3 is 5.32 Å². The van der Waals surface area contributed by atoms with Gasteiger partial charge in [-0.3, -0.25) is 4.79 Å². The minimum atomic E-state index is 0.0412. The molecule has 1 aliphatic heterocycles. The average molecular weight is 244 g/mol. The van der Waals surface area contributed by atoms with Gasteiger partial charge in [0.25, 0.3) is 0 Å². The van der Waals surface area contributed by atoms with Crippen LogP contribution in [0.3, 0.4) is 0 Å². The Hall–Kier alpha value is -1.80. The lowest BCUT2D eigenvalue weighted by Gasteiger charge is -2.09. The average Bonchev–Trinajstić information content (AvgIpc) is 2.70. The monoisotopic (exact) mass is 243 g/mol. The molecular weight excluding hydrogens is 234 g/mol. The van der Waals surface area contributed by atoms with Crippen molar-refractivity contribution in [3.05, 3.63) is 53.1 Å². The standard InChI is InChI=1S/C14H10ClNO/c15-12-7-2-1-5-10(12)11-6-3-4-9-8-13(17)16-14(9)11/h1-7H,8H2,(H,16,17). The summed E-state index contributed by atoms with van der Waals surface area (Å²) in [6.07, 6.45) is 0.452. The highest BCUT2D eigenvalue weighted by molar-refractivity contribution is 6.33. The number of para-hydroxylation sites is 1. The number of anilines is 1. The molecule has 0 atom stereocenters. The summed E-state index contributed by atoms with van der Waals surface area (Å²) in [7, 11) is 0. The fourth-order valence-corrected chi connectivity index (χ4v) is 2.39. The largest absolute Gasteiger partial charge is 0.325 e. The minimum absolute atomic E-state index is 0.0412. The van der Waals surface area contributed by atoms with E-state index in [9.17, 15) is 4.79 Å². The van der Waals surface area contributed by atoms with Crippen molar-refractivity contribution < 1.29 is 4.79 Å². The van der Waals surface area contributed by atoms with E-state index in [2.05, 4.69) is 5.32 Å². The quantitative estimate of drug-likeness (QED) is 0.816. The predicted octanol–water partition coefficient (Wildman–Crippen LogP) is 3.50. The molecule has 0 fully saturated rings. The maximum atomic E-state index is 11.4. The van der Waals surface area contributed by atoms with Crippen LogP contribution in [0, 0.1) is 0 Å². The van der Waals surface area contributed by atoms with Crippen molar-refractivity contribution >= 4 is 23.2 Å². The molecule has 0 radical (unpaired) electrons. The molecule has 0 saturated carbocycles. The lowest BCUT2D eigenvalue weighted by Crippen LogP contribution is -2.04. The molecule has 0 spiro atoms. The molecule has 84 valence electrons. The molecule has 1 amide bonds. The Kier molecular flexibility index (Phi) is 2.37. The summed E-state index contributed by atoms with van der Waals surface area (Å²) in [6, 6.07) is 13.6. The number of halogens is 1. The van der Waals surface area contributed by atoms with Gasteiger partial charge in [-0.1, -0.05) is 48.0 Å². The number of hydrogen-bond donors (Lipinski definition) is 1. The van der Waals surface area contributed by atoms with Gasteiger partial charge in [-0.2, -0.15) is 0 Å². The van der Waals surface area contributed by atoms with Gasteiger partial charge in [0.15, 0.2) is 0 Å². The second-order valence-corrected chi connectivity index (χ2v) is 4.45. The van der Waals surface area contributed by atoms with E-state index in [0.717, 1.165) is 22.4 Å². The number of fused-ring (bicyclic) bond motifs is 1. The van der Waals surface area contributed by atoms with Crippen molar-refractivity contribution in [2.75, 3.05) is 5.32 Å². The minimum Gasteiger partial charge on any atom is -0.325 e. The summed E-state index contributed by atoms with van der Waals surface area (Å²) in [6.45, 7) is 0. The third kappa shape index (κ3) is 1.71. The Balaban J connectivity index is 2.21. The summed E-state index contributed by atoms with van der Waals surface area (Å²) in [4.78, 5) is 11.4. The van der Waals surface area contributed by atoms with Gasteiger partial charge >= 0.3 is 0 Å². The van der Waals surface area contributed by atoms with Gasteiger partial charge in [-0.05, 0) is 11.6 Å². The van der Waals surface area contributed by atoms with Crippen molar-refractivity contribution in [1.29, 1.82) is 0 Å². The summed E-state index contributed by atoms with van der Waals surface area (Å²) < 4.78 is 0. The predicted molar refractivity (Wildman–Crippen MR) is 69.2 cm³/mol. The van der Waals surface area contributed by atoms with Crippen LogP contribution in [-0.2, 0) is 11.2 Å². The van der Waals surface area contributed by atoms with E-state index in [1.807, 2.05) is 42.5 Å². The molecule has 2 aromatic carbocycles. The van der Waals surface area contributed by atoms with Gasteiger partial charge in [0, 0.05) is 16.1 Å². The highest BCUT2D eigenvalue weighted by Gasteiger charge is 2.21. The van der Waals surface area contributed by atoms with Crippen LogP contribution in [-0.4, -0.2) is 5.91 Å². The number of nitrogens with one attached hydrogen (secondary N) is 1. The molecule has 3 heteroatoms. The Bertz CT molecular complexity index is 607. The Labute approximate surface area is 104 Å². The maximum Gasteiger partial charge on any atom is 0.228 e. The Morgan fingerprint density at radius 3 is 2.59 bits per heavy atom. The topological polar surface area (TPSA) is 29.1 Å². The zero-order chi connectivity index (χ0) is 11.8. The number of hydrogen-bond acceptors (Lipinski definition) is 1. The first-order chi connectivity index (χ1) is 8.25. The molecule has 17 heavy (non-hydrogen) atoms. The van der Waals surface area contributed by atoms with Crippen LogP contribution in [0.1, 0.15) is 5.56 Å².